The monoisotopic (exact) mass is 287 g/mol. The van der Waals surface area contributed by atoms with Crippen molar-refractivity contribution in [2.24, 2.45) is 0 Å². The molecule has 3 nitrogen and oxygen atoms in total. The van der Waals surface area contributed by atoms with Crippen LogP contribution < -0.4 is 5.32 Å². The van der Waals surface area contributed by atoms with Gasteiger partial charge in [0.2, 0.25) is 0 Å². The molecule has 1 heterocycles. The number of hydrogen-bond donors (Lipinski definition) is 2. The first-order valence-electron chi connectivity index (χ1n) is 6.86. The van der Waals surface area contributed by atoms with Crippen molar-refractivity contribution in [2.75, 3.05) is 0 Å². The maximum absolute atomic E-state index is 10.9. The maximum atomic E-state index is 10.9. The summed E-state index contributed by atoms with van der Waals surface area (Å²) in [5.41, 5.74) is 3.22. The first-order chi connectivity index (χ1) is 9.74. The molecular weight excluding hydrogens is 270 g/mol. The fraction of sp³-hybridized carbons (Fsp3) is 0.312. The molecule has 0 amide bonds. The Morgan fingerprint density at radius 1 is 1.40 bits per heavy atom. The van der Waals surface area contributed by atoms with Crippen LogP contribution in [0.25, 0.3) is 0 Å². The number of carboxylic acid groups (broad SMARTS) is 1. The van der Waals surface area contributed by atoms with E-state index in [0.29, 0.717) is 11.6 Å². The smallest absolute Gasteiger partial charge is 0.336 e. The molecule has 4 heteroatoms. The Kier molecular flexibility index (Phi) is 3.85. The summed E-state index contributed by atoms with van der Waals surface area (Å²) in [6, 6.07) is 10.7. The predicted molar refractivity (Wildman–Crippen MR) is 80.2 cm³/mol. The fourth-order valence-corrected chi connectivity index (χ4v) is 3.58. The van der Waals surface area contributed by atoms with Gasteiger partial charge in [-0.25, -0.2) is 4.79 Å². The third-order valence-corrected chi connectivity index (χ3v) is 4.73. The number of hydrogen-bond acceptors (Lipinski definition) is 3. The standard InChI is InChI=1S/C16H17NO2S/c18-16(19)12-8-13(20-10-12)9-17-15-7-3-5-11-4-1-2-6-14(11)15/h1-2,4,6,8,10,15,17H,3,5,7,9H2,(H,18,19). The highest BCUT2D eigenvalue weighted by molar-refractivity contribution is 7.10. The molecule has 104 valence electrons. The minimum Gasteiger partial charge on any atom is -0.478 e. The number of carboxylic acids is 1. The Labute approximate surface area is 122 Å². The largest absolute Gasteiger partial charge is 0.478 e. The quantitative estimate of drug-likeness (QED) is 0.903. The first-order valence-corrected chi connectivity index (χ1v) is 7.74. The van der Waals surface area contributed by atoms with Crippen LogP contribution in [-0.4, -0.2) is 11.1 Å². The second-order valence-electron chi connectivity index (χ2n) is 5.13. The number of aryl methyl sites for hydroxylation is 1. The average molecular weight is 287 g/mol. The van der Waals surface area contributed by atoms with Crippen LogP contribution in [0.15, 0.2) is 35.7 Å². The summed E-state index contributed by atoms with van der Waals surface area (Å²) in [7, 11) is 0. The van der Waals surface area contributed by atoms with E-state index in [2.05, 4.69) is 29.6 Å². The van der Waals surface area contributed by atoms with Crippen molar-refractivity contribution in [1.29, 1.82) is 0 Å². The first kappa shape index (κ1) is 13.3. The molecule has 0 bridgehead atoms. The van der Waals surface area contributed by atoms with Crippen molar-refractivity contribution in [3.8, 4) is 0 Å². The molecule has 1 aliphatic carbocycles. The highest BCUT2D eigenvalue weighted by atomic mass is 32.1. The van der Waals surface area contributed by atoms with Crippen molar-refractivity contribution >= 4 is 17.3 Å². The molecule has 1 unspecified atom stereocenters. The highest BCUT2D eigenvalue weighted by Crippen LogP contribution is 2.30. The lowest BCUT2D eigenvalue weighted by molar-refractivity contribution is 0.0697. The normalized spacial score (nSPS) is 17.7. The van der Waals surface area contributed by atoms with Gasteiger partial charge in [0.05, 0.1) is 5.56 Å². The zero-order valence-electron chi connectivity index (χ0n) is 11.1. The summed E-state index contributed by atoms with van der Waals surface area (Å²) < 4.78 is 0. The number of thiophene rings is 1. The Morgan fingerprint density at radius 3 is 3.05 bits per heavy atom. The molecule has 20 heavy (non-hydrogen) atoms. The Bertz CT molecular complexity index is 620. The van der Waals surface area contributed by atoms with Crippen LogP contribution >= 0.6 is 11.3 Å². The summed E-state index contributed by atoms with van der Waals surface area (Å²) >= 11 is 1.50. The van der Waals surface area contributed by atoms with E-state index in [1.807, 2.05) is 0 Å². The highest BCUT2D eigenvalue weighted by Gasteiger charge is 2.19. The van der Waals surface area contributed by atoms with Gasteiger partial charge < -0.3 is 10.4 Å². The number of nitrogens with one attached hydrogen (secondary N) is 1. The van der Waals surface area contributed by atoms with Gasteiger partial charge >= 0.3 is 5.97 Å². The zero-order valence-corrected chi connectivity index (χ0v) is 12.0. The van der Waals surface area contributed by atoms with E-state index in [4.69, 9.17) is 5.11 Å². The topological polar surface area (TPSA) is 49.3 Å². The molecule has 2 aromatic rings. The molecule has 3 rings (SSSR count). The molecule has 1 aromatic carbocycles. The Morgan fingerprint density at radius 2 is 2.25 bits per heavy atom. The second-order valence-corrected chi connectivity index (χ2v) is 6.13. The molecular formula is C16H17NO2S. The third kappa shape index (κ3) is 2.76. The number of aromatic carboxylic acids is 1. The summed E-state index contributed by atoms with van der Waals surface area (Å²) in [5.74, 6) is -0.851. The van der Waals surface area contributed by atoms with Crippen molar-refractivity contribution in [3.05, 3.63) is 57.3 Å². The van der Waals surface area contributed by atoms with Gasteiger partial charge in [0.15, 0.2) is 0 Å². The number of fused-ring (bicyclic) bond motifs is 1. The summed E-state index contributed by atoms with van der Waals surface area (Å²) in [4.78, 5) is 11.9. The van der Waals surface area contributed by atoms with Crippen molar-refractivity contribution < 1.29 is 9.90 Å². The van der Waals surface area contributed by atoms with E-state index < -0.39 is 5.97 Å². The average Bonchev–Trinajstić information content (AvgIpc) is 2.94. The van der Waals surface area contributed by atoms with Gasteiger partial charge in [-0.2, -0.15) is 0 Å². The lowest BCUT2D eigenvalue weighted by Crippen LogP contribution is -2.24. The van der Waals surface area contributed by atoms with Crippen LogP contribution in [0, 0.1) is 0 Å². The molecule has 1 atom stereocenters. The van der Waals surface area contributed by atoms with Gasteiger partial charge in [-0.3, -0.25) is 0 Å². The fourth-order valence-electron chi connectivity index (χ4n) is 2.78. The van der Waals surface area contributed by atoms with E-state index in [0.717, 1.165) is 24.3 Å². The van der Waals surface area contributed by atoms with Crippen molar-refractivity contribution in [1.82, 2.24) is 5.32 Å². The van der Waals surface area contributed by atoms with E-state index in [1.54, 1.807) is 11.4 Å². The summed E-state index contributed by atoms with van der Waals surface area (Å²) in [5, 5.41) is 14.2. The molecule has 2 N–H and O–H groups in total. The van der Waals surface area contributed by atoms with Crippen LogP contribution in [0.2, 0.25) is 0 Å². The molecule has 0 radical (unpaired) electrons. The lowest BCUT2D eigenvalue weighted by Gasteiger charge is -2.26. The molecule has 1 aromatic heterocycles. The van der Waals surface area contributed by atoms with Gasteiger partial charge in [0, 0.05) is 22.8 Å². The molecule has 1 aliphatic rings. The minimum absolute atomic E-state index is 0.385. The van der Waals surface area contributed by atoms with Crippen LogP contribution in [0.3, 0.4) is 0 Å². The molecule has 0 saturated carbocycles. The Hall–Kier alpha value is -1.65. The van der Waals surface area contributed by atoms with E-state index in [1.165, 1.54) is 28.9 Å². The van der Waals surface area contributed by atoms with E-state index in [-0.39, 0.29) is 0 Å². The second kappa shape index (κ2) is 5.77. The van der Waals surface area contributed by atoms with Crippen LogP contribution in [-0.2, 0) is 13.0 Å². The molecule has 0 aliphatic heterocycles. The Balaban J connectivity index is 1.68. The predicted octanol–water partition coefficient (Wildman–Crippen LogP) is 3.61. The SMILES string of the molecule is O=C(O)c1csc(CNC2CCCc3ccccc32)c1. The van der Waals surface area contributed by atoms with Crippen LogP contribution in [0.1, 0.15) is 45.2 Å². The summed E-state index contributed by atoms with van der Waals surface area (Å²) in [6.07, 6.45) is 3.52. The van der Waals surface area contributed by atoms with Crippen LogP contribution in [0.4, 0.5) is 0 Å². The van der Waals surface area contributed by atoms with Gasteiger partial charge in [-0.1, -0.05) is 24.3 Å². The van der Waals surface area contributed by atoms with Gasteiger partial charge in [0.1, 0.15) is 0 Å². The van der Waals surface area contributed by atoms with Crippen molar-refractivity contribution in [2.45, 2.75) is 31.8 Å². The maximum Gasteiger partial charge on any atom is 0.336 e. The third-order valence-electron chi connectivity index (χ3n) is 3.79. The van der Waals surface area contributed by atoms with E-state index >= 15 is 0 Å². The van der Waals surface area contributed by atoms with Gasteiger partial charge in [-0.15, -0.1) is 11.3 Å². The van der Waals surface area contributed by atoms with E-state index in [9.17, 15) is 4.79 Å². The molecule has 0 saturated heterocycles. The lowest BCUT2D eigenvalue weighted by atomic mass is 9.88. The molecule has 0 fully saturated rings. The van der Waals surface area contributed by atoms with Crippen molar-refractivity contribution in [3.63, 3.8) is 0 Å². The van der Waals surface area contributed by atoms with Gasteiger partial charge in [0.25, 0.3) is 0 Å². The number of benzene rings is 1. The summed E-state index contributed by atoms with van der Waals surface area (Å²) in [6.45, 7) is 0.733. The number of carbonyl (C=O) groups is 1. The van der Waals surface area contributed by atoms with Gasteiger partial charge in [-0.05, 0) is 36.5 Å². The molecule has 0 spiro atoms. The van der Waals surface area contributed by atoms with Crippen LogP contribution in [0.5, 0.6) is 0 Å². The number of rotatable bonds is 4. The minimum atomic E-state index is -0.851. The zero-order chi connectivity index (χ0) is 13.9.